The Morgan fingerprint density at radius 1 is 0.958 bits per heavy atom. The van der Waals surface area contributed by atoms with Gasteiger partial charge in [-0.15, -0.1) is 0 Å². The Labute approximate surface area is 271 Å². The molecule has 0 radical (unpaired) electrons. The van der Waals surface area contributed by atoms with E-state index in [0.29, 0.717) is 91.4 Å². The first-order valence-corrected chi connectivity index (χ1v) is 16.6. The predicted octanol–water partition coefficient (Wildman–Crippen LogP) is 5.49. The average Bonchev–Trinajstić information content (AvgIpc) is 3.05. The number of sulfone groups is 1. The number of alkyl halides is 3. The normalized spacial score (nSPS) is 15.9. The van der Waals surface area contributed by atoms with Gasteiger partial charge in [-0.2, -0.15) is 13.2 Å². The summed E-state index contributed by atoms with van der Waals surface area (Å²) in [7, 11) is -2.95. The van der Waals surface area contributed by atoms with E-state index in [4.69, 9.17) is 18.9 Å². The molecule has 17 heteroatoms. The number of rotatable bonds is 9. The fourth-order valence-electron chi connectivity index (χ4n) is 5.11. The fraction of sp³-hybridized carbons (Fsp3) is 0.323. The number of carbonyl (C=O) groups is 1. The van der Waals surface area contributed by atoms with Crippen LogP contribution in [0.1, 0.15) is 12.0 Å². The van der Waals surface area contributed by atoms with Crippen molar-refractivity contribution in [3.63, 3.8) is 0 Å². The summed E-state index contributed by atoms with van der Waals surface area (Å²) < 4.78 is 100. The van der Waals surface area contributed by atoms with Crippen molar-refractivity contribution < 1.29 is 49.7 Å². The van der Waals surface area contributed by atoms with Gasteiger partial charge in [0.05, 0.1) is 34.9 Å². The first kappa shape index (κ1) is 33.0. The van der Waals surface area contributed by atoms with Gasteiger partial charge in [-0.1, -0.05) is 0 Å². The third-order valence-corrected chi connectivity index (χ3v) is 9.13. The van der Waals surface area contributed by atoms with Gasteiger partial charge in [0.25, 0.3) is 0 Å². The Morgan fingerprint density at radius 2 is 1.69 bits per heavy atom. The molecule has 254 valence electrons. The van der Waals surface area contributed by atoms with Crippen LogP contribution in [0.4, 0.5) is 33.7 Å². The number of ether oxygens (including phenoxy) is 4. The van der Waals surface area contributed by atoms with Gasteiger partial charge in [0, 0.05) is 31.4 Å². The molecule has 4 aromatic rings. The molecule has 1 fully saturated rings. The van der Waals surface area contributed by atoms with Crippen LogP contribution >= 0.6 is 0 Å². The number of anilines is 2. The SMILES string of the molecule is O=C(Nc1ccc(Oc2ncnc3cc(OCCCN4CCS(=O)(=O)CC4)c4c(c23)OCCO4)cc1)Nc1cc(C(F)(F)F)ccc1F. The lowest BCUT2D eigenvalue weighted by Gasteiger charge is -2.26. The number of hydrogen-bond acceptors (Lipinski definition) is 10. The van der Waals surface area contributed by atoms with E-state index < -0.39 is 39.1 Å². The summed E-state index contributed by atoms with van der Waals surface area (Å²) in [6, 6.07) is 8.46. The number of benzene rings is 3. The Kier molecular flexibility index (Phi) is 9.41. The molecule has 2 amide bonds. The van der Waals surface area contributed by atoms with E-state index >= 15 is 0 Å². The van der Waals surface area contributed by atoms with E-state index in [1.807, 2.05) is 0 Å². The summed E-state index contributed by atoms with van der Waals surface area (Å²) in [6.45, 7) is 2.61. The van der Waals surface area contributed by atoms with Crippen molar-refractivity contribution in [3.05, 3.63) is 66.2 Å². The highest BCUT2D eigenvalue weighted by Crippen LogP contribution is 2.48. The van der Waals surface area contributed by atoms with Crippen LogP contribution in [0, 0.1) is 5.82 Å². The second kappa shape index (κ2) is 13.7. The van der Waals surface area contributed by atoms with Crippen LogP contribution in [0.15, 0.2) is 54.9 Å². The zero-order chi connectivity index (χ0) is 33.9. The zero-order valence-electron chi connectivity index (χ0n) is 25.2. The average molecular weight is 692 g/mol. The smallest absolute Gasteiger partial charge is 0.416 e. The zero-order valence-corrected chi connectivity index (χ0v) is 26.0. The molecule has 0 unspecified atom stereocenters. The van der Waals surface area contributed by atoms with Crippen LogP contribution in [-0.4, -0.2) is 80.3 Å². The minimum Gasteiger partial charge on any atom is -0.489 e. The van der Waals surface area contributed by atoms with Gasteiger partial charge in [-0.3, -0.25) is 0 Å². The maximum absolute atomic E-state index is 14.0. The fourth-order valence-corrected chi connectivity index (χ4v) is 6.39. The van der Waals surface area contributed by atoms with Gasteiger partial charge in [-0.05, 0) is 48.9 Å². The Bertz CT molecular complexity index is 1910. The molecule has 1 aromatic heterocycles. The molecule has 3 aromatic carbocycles. The monoisotopic (exact) mass is 691 g/mol. The molecule has 0 saturated carbocycles. The molecule has 3 heterocycles. The van der Waals surface area contributed by atoms with Crippen molar-refractivity contribution in [1.82, 2.24) is 14.9 Å². The maximum Gasteiger partial charge on any atom is 0.416 e. The minimum absolute atomic E-state index is 0.159. The largest absolute Gasteiger partial charge is 0.489 e. The van der Waals surface area contributed by atoms with Crippen LogP contribution in [0.5, 0.6) is 28.9 Å². The third-order valence-electron chi connectivity index (χ3n) is 7.52. The van der Waals surface area contributed by atoms with Crippen LogP contribution < -0.4 is 29.6 Å². The summed E-state index contributed by atoms with van der Waals surface area (Å²) in [5.41, 5.74) is -1.01. The summed E-state index contributed by atoms with van der Waals surface area (Å²) in [4.78, 5) is 23.1. The number of hydrogen-bond donors (Lipinski definition) is 2. The quantitative estimate of drug-likeness (QED) is 0.171. The van der Waals surface area contributed by atoms with Gasteiger partial charge in [0.1, 0.15) is 36.5 Å². The molecule has 2 aliphatic rings. The van der Waals surface area contributed by atoms with Gasteiger partial charge >= 0.3 is 12.2 Å². The molecule has 6 rings (SSSR count). The first-order valence-electron chi connectivity index (χ1n) is 14.8. The van der Waals surface area contributed by atoms with Crippen LogP contribution in [-0.2, 0) is 16.0 Å². The third kappa shape index (κ3) is 7.79. The van der Waals surface area contributed by atoms with Crippen molar-refractivity contribution in [2.75, 3.05) is 61.6 Å². The van der Waals surface area contributed by atoms with Crippen molar-refractivity contribution in [3.8, 4) is 28.9 Å². The van der Waals surface area contributed by atoms with Crippen LogP contribution in [0.2, 0.25) is 0 Å². The maximum atomic E-state index is 14.0. The molecule has 1 saturated heterocycles. The first-order chi connectivity index (χ1) is 22.9. The summed E-state index contributed by atoms with van der Waals surface area (Å²) in [5, 5.41) is 4.95. The molecule has 2 aliphatic heterocycles. The molecule has 0 atom stereocenters. The van der Waals surface area contributed by atoms with Crippen LogP contribution in [0.3, 0.4) is 0 Å². The van der Waals surface area contributed by atoms with Gasteiger partial charge in [0.2, 0.25) is 11.6 Å². The number of urea groups is 1. The molecule has 12 nitrogen and oxygen atoms in total. The number of amides is 2. The molecule has 0 spiro atoms. The van der Waals surface area contributed by atoms with Gasteiger partial charge < -0.3 is 34.5 Å². The van der Waals surface area contributed by atoms with Crippen molar-refractivity contribution in [2.45, 2.75) is 12.6 Å². The number of nitrogens with zero attached hydrogens (tertiary/aromatic N) is 3. The van der Waals surface area contributed by atoms with E-state index in [0.717, 1.165) is 0 Å². The van der Waals surface area contributed by atoms with Gasteiger partial charge in [0.15, 0.2) is 21.3 Å². The summed E-state index contributed by atoms with van der Waals surface area (Å²) in [6.07, 6.45) is -2.72. The number of halogens is 4. The Balaban J connectivity index is 1.12. The summed E-state index contributed by atoms with van der Waals surface area (Å²) in [5.74, 6) is 0.934. The molecular weight excluding hydrogens is 662 g/mol. The van der Waals surface area contributed by atoms with Crippen molar-refractivity contribution in [2.24, 2.45) is 0 Å². The van der Waals surface area contributed by atoms with E-state index in [1.165, 1.54) is 30.6 Å². The number of aromatic nitrogens is 2. The molecule has 2 N–H and O–H groups in total. The molecule has 0 bridgehead atoms. The molecule has 48 heavy (non-hydrogen) atoms. The van der Waals surface area contributed by atoms with E-state index in [-0.39, 0.29) is 29.7 Å². The van der Waals surface area contributed by atoms with Gasteiger partial charge in [-0.25, -0.2) is 27.6 Å². The lowest BCUT2D eigenvalue weighted by atomic mass is 10.1. The molecular formula is C31H29F4N5O7S. The number of fused-ring (bicyclic) bond motifs is 3. The lowest BCUT2D eigenvalue weighted by molar-refractivity contribution is -0.137. The Hall–Kier alpha value is -4.90. The second-order valence-electron chi connectivity index (χ2n) is 10.9. The number of nitrogens with one attached hydrogen (secondary N) is 2. The van der Waals surface area contributed by atoms with E-state index in [2.05, 4.69) is 25.5 Å². The highest BCUT2D eigenvalue weighted by atomic mass is 32.2. The Morgan fingerprint density at radius 3 is 2.42 bits per heavy atom. The highest BCUT2D eigenvalue weighted by molar-refractivity contribution is 7.91. The van der Waals surface area contributed by atoms with E-state index in [1.54, 1.807) is 6.07 Å². The van der Waals surface area contributed by atoms with E-state index in [9.17, 15) is 30.8 Å². The standard InChI is InChI=1S/C31H29F4N5O7S/c32-22-7-2-19(31(33,34)35)16-23(22)39-30(41)38-20-3-5-21(6-4-20)47-29-26-24(36-18-37-29)17-25(27-28(26)46-13-12-45-27)44-11-1-8-40-9-14-48(42,43)15-10-40/h2-7,16-18H,1,8-15H2,(H2,38,39,41). The van der Waals surface area contributed by atoms with Crippen molar-refractivity contribution in [1.29, 1.82) is 0 Å². The number of carbonyl (C=O) groups excluding carboxylic acids is 1. The molecule has 0 aliphatic carbocycles. The summed E-state index contributed by atoms with van der Waals surface area (Å²) >= 11 is 0. The topological polar surface area (TPSA) is 141 Å². The van der Waals surface area contributed by atoms with Crippen molar-refractivity contribution >= 4 is 38.1 Å². The van der Waals surface area contributed by atoms with Crippen LogP contribution in [0.25, 0.3) is 10.9 Å². The second-order valence-corrected chi connectivity index (χ2v) is 13.2. The minimum atomic E-state index is -4.70. The highest BCUT2D eigenvalue weighted by Gasteiger charge is 2.31. The lowest BCUT2D eigenvalue weighted by Crippen LogP contribution is -2.40. The predicted molar refractivity (Wildman–Crippen MR) is 166 cm³/mol.